The van der Waals surface area contributed by atoms with Gasteiger partial charge in [0.1, 0.15) is 34.9 Å². The highest BCUT2D eigenvalue weighted by Gasteiger charge is 2.32. The SMILES string of the molecule is C[C@H](Oc1cc(-c2nn(C)c3c(-c4ccc(C(F)(F)F)nc4)cnc(N)c23)ccc1NS(=O)(=O)C(F)F)c1ccc(F)cc1. The maximum absolute atomic E-state index is 13.4. The van der Waals surface area contributed by atoms with Gasteiger partial charge in [0.15, 0.2) is 0 Å². The Bertz CT molecular complexity index is 1950. The first-order valence-corrected chi connectivity index (χ1v) is 14.2. The number of nitrogens with one attached hydrogen (secondary N) is 1. The lowest BCUT2D eigenvalue weighted by atomic mass is 10.0. The zero-order chi connectivity index (χ0) is 32.0. The Balaban J connectivity index is 1.63. The highest BCUT2D eigenvalue weighted by atomic mass is 32.2. The first-order chi connectivity index (χ1) is 20.7. The minimum Gasteiger partial charge on any atom is -0.484 e. The number of aromatic nitrogens is 4. The number of nitrogen functional groups attached to an aromatic ring is 1. The van der Waals surface area contributed by atoms with Crippen molar-refractivity contribution < 1.29 is 39.5 Å². The molecule has 44 heavy (non-hydrogen) atoms. The van der Waals surface area contributed by atoms with Crippen LogP contribution in [-0.4, -0.2) is 33.9 Å². The summed E-state index contributed by atoms with van der Waals surface area (Å²) in [6.07, 6.45) is -2.99. The summed E-state index contributed by atoms with van der Waals surface area (Å²) in [4.78, 5) is 7.70. The number of hydrogen-bond acceptors (Lipinski definition) is 7. The Morgan fingerprint density at radius 1 is 0.977 bits per heavy atom. The summed E-state index contributed by atoms with van der Waals surface area (Å²) >= 11 is 0. The first kappa shape index (κ1) is 30.6. The van der Waals surface area contributed by atoms with Crippen LogP contribution in [0.1, 0.15) is 24.3 Å². The second kappa shape index (κ2) is 11.3. The van der Waals surface area contributed by atoms with Crippen molar-refractivity contribution in [2.75, 3.05) is 10.5 Å². The number of anilines is 2. The molecule has 5 rings (SSSR count). The topological polar surface area (TPSA) is 125 Å². The van der Waals surface area contributed by atoms with Crippen molar-refractivity contribution in [3.63, 3.8) is 0 Å². The Morgan fingerprint density at radius 3 is 2.27 bits per heavy atom. The third-order valence-electron chi connectivity index (χ3n) is 6.64. The van der Waals surface area contributed by atoms with Gasteiger partial charge in [0.2, 0.25) is 0 Å². The zero-order valence-electron chi connectivity index (χ0n) is 22.8. The van der Waals surface area contributed by atoms with E-state index in [9.17, 15) is 34.8 Å². The van der Waals surface area contributed by atoms with E-state index in [4.69, 9.17) is 10.5 Å². The van der Waals surface area contributed by atoms with Gasteiger partial charge in [-0.2, -0.15) is 27.1 Å². The van der Waals surface area contributed by atoms with Gasteiger partial charge in [-0.1, -0.05) is 24.3 Å². The van der Waals surface area contributed by atoms with E-state index in [0.717, 1.165) is 12.3 Å². The van der Waals surface area contributed by atoms with Crippen molar-refractivity contribution in [2.45, 2.75) is 25.0 Å². The summed E-state index contributed by atoms with van der Waals surface area (Å²) in [7, 11) is -3.51. The summed E-state index contributed by atoms with van der Waals surface area (Å²) in [5.74, 6) is -4.35. The molecule has 3 heterocycles. The molecule has 9 nitrogen and oxygen atoms in total. The van der Waals surface area contributed by atoms with E-state index < -0.39 is 39.6 Å². The third-order valence-corrected chi connectivity index (χ3v) is 7.61. The van der Waals surface area contributed by atoms with E-state index in [1.54, 1.807) is 14.0 Å². The van der Waals surface area contributed by atoms with E-state index in [1.165, 1.54) is 59.4 Å². The molecule has 2 aromatic carbocycles. The number of halogens is 6. The summed E-state index contributed by atoms with van der Waals surface area (Å²) in [6, 6.07) is 11.3. The highest BCUT2D eigenvalue weighted by Crippen LogP contribution is 2.40. The average molecular weight is 637 g/mol. The van der Waals surface area contributed by atoms with Gasteiger partial charge in [-0.3, -0.25) is 14.4 Å². The molecule has 0 fully saturated rings. The molecule has 0 radical (unpaired) electrons. The number of benzene rings is 2. The molecule has 0 spiro atoms. The molecule has 3 aromatic heterocycles. The number of rotatable bonds is 8. The van der Waals surface area contributed by atoms with Crippen molar-refractivity contribution in [1.29, 1.82) is 0 Å². The second-order valence-electron chi connectivity index (χ2n) is 9.61. The van der Waals surface area contributed by atoms with Crippen LogP contribution in [0.15, 0.2) is 67.0 Å². The standard InChI is InChI=1S/C28H22F6N6O3S/c1-14(15-3-7-18(29)8-4-15)43-21-11-16(5-9-20(21)39-44(41,42)27(30)31)24-23-25(40(2)38-24)19(13-37-26(23)35)17-6-10-22(36-12-17)28(32,33)34/h3-14,27,39H,1-2H3,(H2,35,37)/t14-/m0/s1. The summed E-state index contributed by atoms with van der Waals surface area (Å²) < 4.78 is 112. The normalized spacial score (nSPS) is 12.9. The van der Waals surface area contributed by atoms with Crippen molar-refractivity contribution in [2.24, 2.45) is 7.05 Å². The molecular weight excluding hydrogens is 614 g/mol. The lowest BCUT2D eigenvalue weighted by Gasteiger charge is -2.19. The van der Waals surface area contributed by atoms with E-state index in [0.29, 0.717) is 33.2 Å². The fraction of sp³-hybridized carbons (Fsp3) is 0.179. The molecule has 0 aliphatic heterocycles. The molecule has 0 unspecified atom stereocenters. The maximum Gasteiger partial charge on any atom is 0.433 e. The van der Waals surface area contributed by atoms with E-state index in [-0.39, 0.29) is 22.9 Å². The van der Waals surface area contributed by atoms with Crippen molar-refractivity contribution in [3.05, 3.63) is 84.1 Å². The Labute approximate surface area is 246 Å². The fourth-order valence-electron chi connectivity index (χ4n) is 4.51. The molecule has 0 aliphatic carbocycles. The van der Waals surface area contributed by atoms with Crippen LogP contribution in [-0.2, 0) is 23.2 Å². The zero-order valence-corrected chi connectivity index (χ0v) is 23.6. The molecule has 0 aliphatic rings. The Kier molecular flexibility index (Phi) is 7.88. The van der Waals surface area contributed by atoms with Gasteiger partial charge in [0.25, 0.3) is 10.0 Å². The first-order valence-electron chi connectivity index (χ1n) is 12.7. The number of ether oxygens (including phenoxy) is 1. The van der Waals surface area contributed by atoms with Crippen LogP contribution in [0.5, 0.6) is 5.75 Å². The van der Waals surface area contributed by atoms with E-state index in [2.05, 4.69) is 15.1 Å². The summed E-state index contributed by atoms with van der Waals surface area (Å²) in [5.41, 5.74) is 6.98. The van der Waals surface area contributed by atoms with Crippen molar-refractivity contribution >= 4 is 32.4 Å². The fourth-order valence-corrected chi connectivity index (χ4v) is 5.08. The van der Waals surface area contributed by atoms with Gasteiger partial charge < -0.3 is 10.5 Å². The maximum atomic E-state index is 13.4. The Hall–Kier alpha value is -4.86. The predicted molar refractivity (Wildman–Crippen MR) is 151 cm³/mol. The minimum atomic E-state index is -5.08. The van der Waals surface area contributed by atoms with Gasteiger partial charge >= 0.3 is 11.9 Å². The molecule has 3 N–H and O–H groups in total. The van der Waals surface area contributed by atoms with Gasteiger partial charge in [-0.15, -0.1) is 0 Å². The highest BCUT2D eigenvalue weighted by molar-refractivity contribution is 7.93. The number of nitrogens with two attached hydrogens (primary N) is 1. The number of sulfonamides is 1. The molecule has 16 heteroatoms. The van der Waals surface area contributed by atoms with Crippen LogP contribution < -0.4 is 15.2 Å². The van der Waals surface area contributed by atoms with Crippen LogP contribution in [0.2, 0.25) is 0 Å². The Morgan fingerprint density at radius 2 is 1.66 bits per heavy atom. The number of fused-ring (bicyclic) bond motifs is 1. The lowest BCUT2D eigenvalue weighted by Crippen LogP contribution is -2.21. The van der Waals surface area contributed by atoms with Crippen LogP contribution in [0.4, 0.5) is 37.8 Å². The van der Waals surface area contributed by atoms with Gasteiger partial charge in [0, 0.05) is 36.1 Å². The minimum absolute atomic E-state index is 0.0244. The largest absolute Gasteiger partial charge is 0.484 e. The van der Waals surface area contributed by atoms with Crippen LogP contribution in [0.25, 0.3) is 33.3 Å². The molecule has 0 bridgehead atoms. The number of alkyl halides is 5. The third kappa shape index (κ3) is 5.97. The number of aryl methyl sites for hydroxylation is 1. The molecule has 1 atom stereocenters. The van der Waals surface area contributed by atoms with Crippen LogP contribution in [0.3, 0.4) is 0 Å². The van der Waals surface area contributed by atoms with Crippen LogP contribution in [0, 0.1) is 5.82 Å². The number of hydrogen-bond donors (Lipinski definition) is 2. The molecule has 0 saturated heterocycles. The monoisotopic (exact) mass is 636 g/mol. The summed E-state index contributed by atoms with van der Waals surface area (Å²) in [5, 5.41) is 4.83. The van der Waals surface area contributed by atoms with Gasteiger partial charge in [-0.25, -0.2) is 17.8 Å². The van der Waals surface area contributed by atoms with Crippen LogP contribution >= 0.6 is 0 Å². The average Bonchev–Trinajstić information content (AvgIpc) is 3.32. The van der Waals surface area contributed by atoms with E-state index in [1.807, 2.05) is 4.72 Å². The van der Waals surface area contributed by atoms with Gasteiger partial charge in [-0.05, 0) is 42.8 Å². The molecule has 230 valence electrons. The lowest BCUT2D eigenvalue weighted by molar-refractivity contribution is -0.141. The smallest absolute Gasteiger partial charge is 0.433 e. The summed E-state index contributed by atoms with van der Waals surface area (Å²) in [6.45, 7) is 1.59. The quantitative estimate of drug-likeness (QED) is 0.185. The van der Waals surface area contributed by atoms with Crippen molar-refractivity contribution in [3.8, 4) is 28.1 Å². The molecule has 0 amide bonds. The second-order valence-corrected chi connectivity index (χ2v) is 11.3. The van der Waals surface area contributed by atoms with Crippen molar-refractivity contribution in [1.82, 2.24) is 19.7 Å². The molecule has 0 saturated carbocycles. The van der Waals surface area contributed by atoms with Gasteiger partial charge in [0.05, 0.1) is 16.6 Å². The predicted octanol–water partition coefficient (Wildman–Crippen LogP) is 6.54. The van der Waals surface area contributed by atoms with E-state index >= 15 is 0 Å². The number of pyridine rings is 2. The number of nitrogens with zero attached hydrogens (tertiary/aromatic N) is 4. The molecular formula is C28H22F6N6O3S. The molecule has 5 aromatic rings.